The highest BCUT2D eigenvalue weighted by atomic mass is 16.6. The van der Waals surface area contributed by atoms with E-state index < -0.39 is 89.0 Å². The van der Waals surface area contributed by atoms with Crippen molar-refractivity contribution in [3.05, 3.63) is 60.2 Å². The number of ketones is 1. The minimum absolute atomic E-state index is 0.0806. The second-order valence-corrected chi connectivity index (χ2v) is 12.3. The number of Topliss-reactive ketones (excluding diaryl/α,β-unsaturated/α-hetero) is 1. The Bertz CT molecular complexity index is 1320. The first kappa shape index (κ1) is 34.7. The zero-order valence-corrected chi connectivity index (χ0v) is 26.1. The van der Waals surface area contributed by atoms with E-state index in [1.807, 2.05) is 0 Å². The first-order valence-corrected chi connectivity index (χ1v) is 14.5. The van der Waals surface area contributed by atoms with Gasteiger partial charge in [0.25, 0.3) is 0 Å². The predicted octanol–water partition coefficient (Wildman–Crippen LogP) is 3.11. The molecule has 0 spiro atoms. The molecule has 0 aromatic heterocycles. The van der Waals surface area contributed by atoms with Crippen LogP contribution in [0.3, 0.4) is 0 Å². The van der Waals surface area contributed by atoms with Gasteiger partial charge in [-0.2, -0.15) is 0 Å². The van der Waals surface area contributed by atoms with Crippen molar-refractivity contribution >= 4 is 29.7 Å². The van der Waals surface area contributed by atoms with Gasteiger partial charge in [-0.15, -0.1) is 0 Å². The van der Waals surface area contributed by atoms with E-state index in [2.05, 4.69) is 6.58 Å². The van der Waals surface area contributed by atoms with Gasteiger partial charge in [0, 0.05) is 37.7 Å². The molecule has 11 nitrogen and oxygen atoms in total. The summed E-state index contributed by atoms with van der Waals surface area (Å²) in [4.78, 5) is 64.4. The van der Waals surface area contributed by atoms with E-state index in [9.17, 15) is 34.2 Å². The SMILES string of the molecule is C=C1[C@H](OC(C)=O)[C@H]2[C@@H](OC(=O)c3ccccc3)[C@@H](C)C[C@]2(O)[C@H](O)[C@H](C)/C=C/C(C)(C)C(=O)[C@H](OC(C)=O)[C@H]1OC(C)=O. The highest BCUT2D eigenvalue weighted by Crippen LogP contribution is 2.50. The average molecular weight is 615 g/mol. The summed E-state index contributed by atoms with van der Waals surface area (Å²) in [6.07, 6.45) is -4.66. The first-order chi connectivity index (χ1) is 20.4. The van der Waals surface area contributed by atoms with Crippen LogP contribution >= 0.6 is 0 Å². The molecule has 9 atom stereocenters. The van der Waals surface area contributed by atoms with E-state index in [-0.39, 0.29) is 17.6 Å². The maximum atomic E-state index is 13.9. The van der Waals surface area contributed by atoms with E-state index >= 15 is 0 Å². The number of carbonyl (C=O) groups is 5. The molecule has 1 aromatic rings. The van der Waals surface area contributed by atoms with Crippen molar-refractivity contribution in [1.29, 1.82) is 0 Å². The van der Waals surface area contributed by atoms with Crippen molar-refractivity contribution in [1.82, 2.24) is 0 Å². The molecule has 1 fully saturated rings. The Morgan fingerprint density at radius 1 is 0.864 bits per heavy atom. The monoisotopic (exact) mass is 614 g/mol. The number of ether oxygens (including phenoxy) is 4. The number of rotatable bonds is 5. The lowest BCUT2D eigenvalue weighted by atomic mass is 9.72. The van der Waals surface area contributed by atoms with Gasteiger partial charge in [0.15, 0.2) is 11.9 Å². The van der Waals surface area contributed by atoms with Gasteiger partial charge in [0.1, 0.15) is 17.8 Å². The number of aliphatic hydroxyl groups is 2. The molecular formula is C33H42O11. The highest BCUT2D eigenvalue weighted by Gasteiger charge is 2.62. The Morgan fingerprint density at radius 3 is 1.93 bits per heavy atom. The quantitative estimate of drug-likeness (QED) is 0.285. The van der Waals surface area contributed by atoms with E-state index in [0.717, 1.165) is 20.8 Å². The molecule has 0 amide bonds. The van der Waals surface area contributed by atoms with Gasteiger partial charge in [-0.3, -0.25) is 19.2 Å². The minimum Gasteiger partial charge on any atom is -0.458 e. The zero-order valence-electron chi connectivity index (χ0n) is 26.1. The largest absolute Gasteiger partial charge is 0.458 e. The molecule has 0 unspecified atom stereocenters. The smallest absolute Gasteiger partial charge is 0.338 e. The Morgan fingerprint density at radius 2 is 1.39 bits per heavy atom. The molecule has 2 aliphatic carbocycles. The van der Waals surface area contributed by atoms with Gasteiger partial charge >= 0.3 is 23.9 Å². The van der Waals surface area contributed by atoms with Gasteiger partial charge in [0.05, 0.1) is 17.6 Å². The third-order valence-electron chi connectivity index (χ3n) is 8.32. The summed E-state index contributed by atoms with van der Waals surface area (Å²) in [5.74, 6) is -6.63. The van der Waals surface area contributed by atoms with Crippen molar-refractivity contribution in [2.24, 2.45) is 23.2 Å². The summed E-state index contributed by atoms with van der Waals surface area (Å²) in [5.41, 5.74) is -3.35. The lowest BCUT2D eigenvalue weighted by Crippen LogP contribution is -2.58. The third-order valence-corrected chi connectivity index (χ3v) is 8.32. The van der Waals surface area contributed by atoms with Crippen LogP contribution in [0.5, 0.6) is 0 Å². The first-order valence-electron chi connectivity index (χ1n) is 14.5. The molecule has 44 heavy (non-hydrogen) atoms. The molecule has 2 aliphatic rings. The Balaban J connectivity index is 2.31. The molecule has 240 valence electrons. The second-order valence-electron chi connectivity index (χ2n) is 12.3. The van der Waals surface area contributed by atoms with Crippen LogP contribution in [0, 0.1) is 23.2 Å². The van der Waals surface area contributed by atoms with Crippen LogP contribution in [0.2, 0.25) is 0 Å². The standard InChI is InChI=1S/C33H42O11/c1-17-14-15-32(7,8)30(38)28(43-22(6)36)27(42-21(5)35)19(3)26(41-20(4)34)24-25(18(2)16-33(24,40)29(17)37)44-31(39)23-12-10-9-11-13-23/h9-15,17-18,24-29,37,40H,3,16H2,1-2,4-8H3/b15-14+/t17-,18+,24-,25+,26+,27+,28-,29-,33-/m1/s1. The van der Waals surface area contributed by atoms with Crippen molar-refractivity contribution in [3.63, 3.8) is 0 Å². The summed E-state index contributed by atoms with van der Waals surface area (Å²) >= 11 is 0. The topological polar surface area (TPSA) is 163 Å². The molecule has 1 saturated carbocycles. The maximum absolute atomic E-state index is 13.9. The molecule has 3 rings (SSSR count). The normalized spacial score (nSPS) is 34.4. The number of allylic oxidation sites excluding steroid dienone is 1. The highest BCUT2D eigenvalue weighted by molar-refractivity contribution is 5.93. The molecule has 0 saturated heterocycles. The van der Waals surface area contributed by atoms with Gasteiger partial charge in [0.2, 0.25) is 6.10 Å². The molecule has 0 heterocycles. The molecule has 2 N–H and O–H groups in total. The number of benzene rings is 1. The Labute approximate surface area is 257 Å². The van der Waals surface area contributed by atoms with Crippen molar-refractivity contribution in [3.8, 4) is 0 Å². The fourth-order valence-corrected chi connectivity index (χ4v) is 6.18. The van der Waals surface area contributed by atoms with Gasteiger partial charge in [-0.05, 0) is 38.3 Å². The second kappa shape index (κ2) is 13.4. The lowest BCUT2D eigenvalue weighted by molar-refractivity contribution is -0.179. The minimum atomic E-state index is -2.04. The van der Waals surface area contributed by atoms with Gasteiger partial charge in [-0.1, -0.05) is 50.8 Å². The molecule has 0 bridgehead atoms. The van der Waals surface area contributed by atoms with Crippen LogP contribution in [0.1, 0.15) is 65.2 Å². The molecule has 11 heteroatoms. The number of hydrogen-bond acceptors (Lipinski definition) is 11. The number of esters is 4. The Kier molecular flexibility index (Phi) is 10.6. The van der Waals surface area contributed by atoms with Crippen LogP contribution < -0.4 is 0 Å². The van der Waals surface area contributed by atoms with Gasteiger partial charge < -0.3 is 29.2 Å². The van der Waals surface area contributed by atoms with Crippen LogP contribution in [-0.2, 0) is 38.1 Å². The summed E-state index contributed by atoms with van der Waals surface area (Å²) in [7, 11) is 0. The molecule has 0 aliphatic heterocycles. The number of aliphatic hydroxyl groups excluding tert-OH is 1. The van der Waals surface area contributed by atoms with E-state index in [1.54, 1.807) is 64.1 Å². The molecule has 1 aromatic carbocycles. The predicted molar refractivity (Wildman–Crippen MR) is 157 cm³/mol. The van der Waals surface area contributed by atoms with E-state index in [0.29, 0.717) is 0 Å². The summed E-state index contributed by atoms with van der Waals surface area (Å²) in [6, 6.07) is 8.13. The zero-order chi connectivity index (χ0) is 33.1. The fraction of sp³-hybridized carbons (Fsp3) is 0.545. The van der Waals surface area contributed by atoms with Crippen molar-refractivity contribution < 1.29 is 53.1 Å². The van der Waals surface area contributed by atoms with Crippen molar-refractivity contribution in [2.45, 2.75) is 91.0 Å². The summed E-state index contributed by atoms with van der Waals surface area (Å²) < 4.78 is 22.7. The maximum Gasteiger partial charge on any atom is 0.338 e. The van der Waals surface area contributed by atoms with Crippen molar-refractivity contribution in [2.75, 3.05) is 0 Å². The van der Waals surface area contributed by atoms with Crippen LogP contribution in [0.15, 0.2) is 54.6 Å². The van der Waals surface area contributed by atoms with Crippen LogP contribution in [-0.4, -0.2) is 76.0 Å². The lowest BCUT2D eigenvalue weighted by Gasteiger charge is -2.44. The number of carbonyl (C=O) groups excluding carboxylic acids is 5. The molecular weight excluding hydrogens is 572 g/mol. The van der Waals surface area contributed by atoms with Gasteiger partial charge in [-0.25, -0.2) is 4.79 Å². The van der Waals surface area contributed by atoms with Crippen LogP contribution in [0.4, 0.5) is 0 Å². The fourth-order valence-electron chi connectivity index (χ4n) is 6.18. The third kappa shape index (κ3) is 7.27. The molecule has 0 radical (unpaired) electrons. The average Bonchev–Trinajstić information content (AvgIpc) is 3.20. The summed E-state index contributed by atoms with van der Waals surface area (Å²) in [6.45, 7) is 13.8. The summed E-state index contributed by atoms with van der Waals surface area (Å²) in [5, 5.41) is 24.0. The number of hydrogen-bond donors (Lipinski definition) is 2. The van der Waals surface area contributed by atoms with E-state index in [4.69, 9.17) is 18.9 Å². The van der Waals surface area contributed by atoms with Crippen LogP contribution in [0.25, 0.3) is 0 Å². The number of fused-ring (bicyclic) bond motifs is 1. The van der Waals surface area contributed by atoms with E-state index in [1.165, 1.54) is 6.08 Å². The Hall–Kier alpha value is -3.83.